The maximum atomic E-state index is 11.2. The monoisotopic (exact) mass is 254 g/mol. The highest BCUT2D eigenvalue weighted by atomic mass is 32.2. The second kappa shape index (κ2) is 4.85. The molecule has 0 spiro atoms. The maximum absolute atomic E-state index is 11.2. The van der Waals surface area contributed by atoms with Crippen LogP contribution in [0, 0.1) is 0 Å². The summed E-state index contributed by atoms with van der Waals surface area (Å²) < 4.78 is 27.4. The topological polar surface area (TPSA) is 68.3 Å². The predicted molar refractivity (Wildman–Crippen MR) is 64.3 cm³/mol. The van der Waals surface area contributed by atoms with E-state index in [-0.39, 0.29) is 11.8 Å². The largest absolute Gasteiger partial charge is 0.481 e. The Morgan fingerprint density at radius 1 is 1.59 bits per heavy atom. The lowest BCUT2D eigenvalue weighted by atomic mass is 10.2. The first-order valence-corrected chi connectivity index (χ1v) is 6.94. The molecule has 1 aliphatic rings. The van der Waals surface area contributed by atoms with E-state index in [1.165, 1.54) is 5.41 Å². The summed E-state index contributed by atoms with van der Waals surface area (Å²) in [7, 11) is -1.43. The molecule has 1 N–H and O–H groups in total. The van der Waals surface area contributed by atoms with Gasteiger partial charge in [-0.15, -0.1) is 0 Å². The van der Waals surface area contributed by atoms with Crippen LogP contribution in [0.5, 0.6) is 5.88 Å². The van der Waals surface area contributed by atoms with Crippen LogP contribution in [0.2, 0.25) is 0 Å². The number of hydrogen-bond acceptors (Lipinski definition) is 5. The standard InChI is InChI=1S/C11H14N2O3S/c1-16-11-6-9(2-4-12-11)7-13-10-3-5-17(14,15)8-10/h2-6,10,13H,7-8H2,1H3. The average molecular weight is 254 g/mol. The Balaban J connectivity index is 1.92. The molecule has 2 rings (SSSR count). The Morgan fingerprint density at radius 2 is 2.41 bits per heavy atom. The van der Waals surface area contributed by atoms with Gasteiger partial charge in [-0.25, -0.2) is 13.4 Å². The van der Waals surface area contributed by atoms with Crippen molar-refractivity contribution in [3.8, 4) is 5.88 Å². The van der Waals surface area contributed by atoms with Crippen LogP contribution >= 0.6 is 0 Å². The molecule has 2 heterocycles. The van der Waals surface area contributed by atoms with E-state index < -0.39 is 9.84 Å². The van der Waals surface area contributed by atoms with E-state index in [1.807, 2.05) is 12.1 Å². The zero-order valence-corrected chi connectivity index (χ0v) is 10.3. The molecule has 0 aliphatic carbocycles. The number of pyridine rings is 1. The minimum Gasteiger partial charge on any atom is -0.481 e. The number of nitrogens with zero attached hydrogens (tertiary/aromatic N) is 1. The van der Waals surface area contributed by atoms with Gasteiger partial charge in [-0.05, 0) is 11.6 Å². The van der Waals surface area contributed by atoms with Crippen molar-refractivity contribution in [1.29, 1.82) is 0 Å². The fraction of sp³-hybridized carbons (Fsp3) is 0.364. The van der Waals surface area contributed by atoms with Crippen molar-refractivity contribution >= 4 is 9.84 Å². The molecule has 1 aromatic rings. The zero-order valence-electron chi connectivity index (χ0n) is 9.46. The van der Waals surface area contributed by atoms with Gasteiger partial charge in [0.1, 0.15) is 0 Å². The van der Waals surface area contributed by atoms with E-state index in [0.29, 0.717) is 12.4 Å². The Bertz CT molecular complexity index is 525. The molecular weight excluding hydrogens is 240 g/mol. The van der Waals surface area contributed by atoms with Gasteiger partial charge in [-0.2, -0.15) is 0 Å². The van der Waals surface area contributed by atoms with Gasteiger partial charge >= 0.3 is 0 Å². The molecule has 0 bridgehead atoms. The molecule has 17 heavy (non-hydrogen) atoms. The van der Waals surface area contributed by atoms with Gasteiger partial charge in [-0.1, -0.05) is 6.08 Å². The van der Waals surface area contributed by atoms with Gasteiger partial charge in [0.15, 0.2) is 9.84 Å². The van der Waals surface area contributed by atoms with Crippen LogP contribution < -0.4 is 10.1 Å². The van der Waals surface area contributed by atoms with Gasteiger partial charge in [0, 0.05) is 30.3 Å². The molecule has 1 aromatic heterocycles. The molecule has 1 atom stereocenters. The third-order valence-electron chi connectivity index (χ3n) is 2.51. The summed E-state index contributed by atoms with van der Waals surface area (Å²) >= 11 is 0. The second-order valence-electron chi connectivity index (χ2n) is 3.85. The van der Waals surface area contributed by atoms with Crippen LogP contribution in [-0.2, 0) is 16.4 Å². The minimum absolute atomic E-state index is 0.112. The lowest BCUT2D eigenvalue weighted by molar-refractivity contribution is 0.397. The number of rotatable bonds is 4. The summed E-state index contributed by atoms with van der Waals surface area (Å²) in [5.41, 5.74) is 1.01. The summed E-state index contributed by atoms with van der Waals surface area (Å²) in [6, 6.07) is 3.57. The molecule has 5 nitrogen and oxygen atoms in total. The first-order valence-electron chi connectivity index (χ1n) is 5.22. The molecule has 0 radical (unpaired) electrons. The van der Waals surface area contributed by atoms with Gasteiger partial charge in [0.2, 0.25) is 5.88 Å². The van der Waals surface area contributed by atoms with Gasteiger partial charge < -0.3 is 10.1 Å². The fourth-order valence-electron chi connectivity index (χ4n) is 1.62. The van der Waals surface area contributed by atoms with E-state index in [4.69, 9.17) is 4.74 Å². The van der Waals surface area contributed by atoms with Crippen molar-refractivity contribution in [3.05, 3.63) is 35.4 Å². The first kappa shape index (κ1) is 12.1. The summed E-state index contributed by atoms with van der Waals surface area (Å²) in [6.45, 7) is 0.587. The highest BCUT2D eigenvalue weighted by Crippen LogP contribution is 2.11. The van der Waals surface area contributed by atoms with Crippen LogP contribution in [0.1, 0.15) is 5.56 Å². The van der Waals surface area contributed by atoms with E-state index in [9.17, 15) is 8.42 Å². The van der Waals surface area contributed by atoms with Crippen LogP contribution in [0.15, 0.2) is 29.8 Å². The summed E-state index contributed by atoms with van der Waals surface area (Å²) in [6.07, 6.45) is 3.34. The van der Waals surface area contributed by atoms with Gasteiger partial charge in [0.05, 0.1) is 12.9 Å². The molecule has 92 valence electrons. The minimum atomic E-state index is -2.99. The molecule has 6 heteroatoms. The number of hydrogen-bond donors (Lipinski definition) is 1. The number of nitrogens with one attached hydrogen (secondary N) is 1. The molecule has 0 fully saturated rings. The highest BCUT2D eigenvalue weighted by Gasteiger charge is 2.20. The van der Waals surface area contributed by atoms with Crippen molar-refractivity contribution < 1.29 is 13.2 Å². The van der Waals surface area contributed by atoms with Gasteiger partial charge in [-0.3, -0.25) is 0 Å². The Labute approximate surface area is 100 Å². The van der Waals surface area contributed by atoms with Crippen molar-refractivity contribution in [2.24, 2.45) is 0 Å². The van der Waals surface area contributed by atoms with Crippen molar-refractivity contribution in [3.63, 3.8) is 0 Å². The van der Waals surface area contributed by atoms with Crippen LogP contribution in [0.4, 0.5) is 0 Å². The third-order valence-corrected chi connectivity index (χ3v) is 3.90. The Kier molecular flexibility index (Phi) is 3.44. The van der Waals surface area contributed by atoms with Crippen molar-refractivity contribution in [2.75, 3.05) is 12.9 Å². The fourth-order valence-corrected chi connectivity index (χ4v) is 2.89. The highest BCUT2D eigenvalue weighted by molar-refractivity contribution is 7.94. The van der Waals surface area contributed by atoms with Crippen molar-refractivity contribution in [2.45, 2.75) is 12.6 Å². The number of sulfone groups is 1. The van der Waals surface area contributed by atoms with E-state index >= 15 is 0 Å². The van der Waals surface area contributed by atoms with Crippen LogP contribution in [0.25, 0.3) is 0 Å². The maximum Gasteiger partial charge on any atom is 0.213 e. The number of ether oxygens (including phenoxy) is 1. The molecule has 1 aliphatic heterocycles. The summed E-state index contributed by atoms with van der Waals surface area (Å²) in [5, 5.41) is 4.42. The summed E-state index contributed by atoms with van der Waals surface area (Å²) in [4.78, 5) is 4.00. The van der Waals surface area contributed by atoms with E-state index in [1.54, 1.807) is 19.4 Å². The average Bonchev–Trinajstić information content (AvgIpc) is 2.67. The second-order valence-corrected chi connectivity index (χ2v) is 5.78. The third kappa shape index (κ3) is 3.28. The number of aromatic nitrogens is 1. The predicted octanol–water partition coefficient (Wildman–Crippen LogP) is 0.490. The number of methoxy groups -OCH3 is 1. The quantitative estimate of drug-likeness (QED) is 0.847. The summed E-state index contributed by atoms with van der Waals surface area (Å²) in [5.74, 6) is 0.689. The SMILES string of the molecule is COc1cc(CNC2C=CS(=O)(=O)C2)ccn1. The molecular formula is C11H14N2O3S. The Hall–Kier alpha value is -1.40. The zero-order chi connectivity index (χ0) is 12.3. The smallest absolute Gasteiger partial charge is 0.213 e. The van der Waals surface area contributed by atoms with Crippen LogP contribution in [-0.4, -0.2) is 32.3 Å². The lowest BCUT2D eigenvalue weighted by Gasteiger charge is -2.10. The van der Waals surface area contributed by atoms with E-state index in [2.05, 4.69) is 10.3 Å². The van der Waals surface area contributed by atoms with Crippen molar-refractivity contribution in [1.82, 2.24) is 10.3 Å². The Morgan fingerprint density at radius 3 is 3.06 bits per heavy atom. The first-order chi connectivity index (χ1) is 8.09. The lowest BCUT2D eigenvalue weighted by Crippen LogP contribution is -2.29. The normalized spacial score (nSPS) is 21.6. The molecule has 0 amide bonds. The molecule has 0 saturated heterocycles. The van der Waals surface area contributed by atoms with Gasteiger partial charge in [0.25, 0.3) is 0 Å². The molecule has 0 saturated carbocycles. The molecule has 0 aromatic carbocycles. The van der Waals surface area contributed by atoms with Crippen LogP contribution in [0.3, 0.4) is 0 Å². The van der Waals surface area contributed by atoms with E-state index in [0.717, 1.165) is 5.56 Å². The molecule has 1 unspecified atom stereocenters.